The summed E-state index contributed by atoms with van der Waals surface area (Å²) >= 11 is 0. The Hall–Kier alpha value is -0.940. The Kier molecular flexibility index (Phi) is 3.56. The molecule has 5 heteroatoms. The first-order chi connectivity index (χ1) is 7.69. The number of nitrogens with zero attached hydrogens (tertiary/aromatic N) is 1. The third-order valence-corrected chi connectivity index (χ3v) is 3.94. The van der Waals surface area contributed by atoms with E-state index in [1.54, 1.807) is 6.07 Å². The Bertz CT molecular complexity index is 401. The molecule has 0 radical (unpaired) electrons. The number of rotatable bonds is 2. The maximum absolute atomic E-state index is 13.2. The van der Waals surface area contributed by atoms with Gasteiger partial charge in [0.2, 0.25) is 0 Å². The van der Waals surface area contributed by atoms with Crippen LogP contribution in [0.1, 0.15) is 5.56 Å². The third kappa shape index (κ3) is 2.59. The highest BCUT2D eigenvalue weighted by atomic mass is 32.2. The molecule has 0 saturated carbocycles. The largest absolute Gasteiger partial charge is 0.392 e. The highest BCUT2D eigenvalue weighted by molar-refractivity contribution is 7.85. The molecule has 1 aromatic carbocycles. The van der Waals surface area contributed by atoms with Gasteiger partial charge in [0.05, 0.1) is 6.61 Å². The first kappa shape index (κ1) is 11.5. The quantitative estimate of drug-likeness (QED) is 0.838. The predicted octanol–water partition coefficient (Wildman–Crippen LogP) is 0.887. The molecule has 1 N–H and O–H groups in total. The summed E-state index contributed by atoms with van der Waals surface area (Å²) in [5.41, 5.74) is 1.34. The van der Waals surface area contributed by atoms with E-state index in [-0.39, 0.29) is 12.4 Å². The van der Waals surface area contributed by atoms with Gasteiger partial charge in [0, 0.05) is 41.1 Å². The van der Waals surface area contributed by atoms with Crippen molar-refractivity contribution in [2.24, 2.45) is 0 Å². The summed E-state index contributed by atoms with van der Waals surface area (Å²) in [4.78, 5) is 2.00. The van der Waals surface area contributed by atoms with Crippen LogP contribution in [-0.4, -0.2) is 33.9 Å². The second kappa shape index (κ2) is 4.93. The molecule has 0 aromatic heterocycles. The maximum atomic E-state index is 13.2. The van der Waals surface area contributed by atoms with Crippen molar-refractivity contribution in [2.45, 2.75) is 6.61 Å². The average molecular weight is 243 g/mol. The van der Waals surface area contributed by atoms with Crippen LogP contribution in [0.4, 0.5) is 10.1 Å². The van der Waals surface area contributed by atoms with Crippen molar-refractivity contribution < 1.29 is 13.7 Å². The van der Waals surface area contributed by atoms with Gasteiger partial charge in [-0.25, -0.2) is 4.39 Å². The standard InChI is InChI=1S/C11H14FNO2S/c12-10-5-9(8-14)6-11(7-10)13-1-3-16(15)4-2-13/h5-7,14H,1-4,8H2. The molecule has 16 heavy (non-hydrogen) atoms. The highest BCUT2D eigenvalue weighted by Crippen LogP contribution is 2.20. The summed E-state index contributed by atoms with van der Waals surface area (Å²) in [6.07, 6.45) is 0. The van der Waals surface area contributed by atoms with Gasteiger partial charge in [-0.15, -0.1) is 0 Å². The molecular formula is C11H14FNO2S. The van der Waals surface area contributed by atoms with E-state index < -0.39 is 10.8 Å². The van der Waals surface area contributed by atoms with Crippen molar-refractivity contribution >= 4 is 16.5 Å². The molecule has 1 aliphatic heterocycles. The zero-order valence-electron chi connectivity index (χ0n) is 8.86. The summed E-state index contributed by atoms with van der Waals surface area (Å²) in [7, 11) is -0.732. The molecule has 2 rings (SSSR count). The molecule has 1 aliphatic rings. The molecule has 3 nitrogen and oxygen atoms in total. The van der Waals surface area contributed by atoms with E-state index in [2.05, 4.69) is 0 Å². The Morgan fingerprint density at radius 1 is 1.31 bits per heavy atom. The number of anilines is 1. The lowest BCUT2D eigenvalue weighted by atomic mass is 10.2. The lowest BCUT2D eigenvalue weighted by Gasteiger charge is -2.28. The molecule has 1 fully saturated rings. The molecule has 0 unspecified atom stereocenters. The van der Waals surface area contributed by atoms with Gasteiger partial charge in [0.15, 0.2) is 0 Å². The van der Waals surface area contributed by atoms with Crippen molar-refractivity contribution in [1.29, 1.82) is 0 Å². The maximum Gasteiger partial charge on any atom is 0.125 e. The first-order valence-corrected chi connectivity index (χ1v) is 6.68. The van der Waals surface area contributed by atoms with E-state index >= 15 is 0 Å². The fourth-order valence-corrected chi connectivity index (χ4v) is 2.86. The number of benzene rings is 1. The minimum absolute atomic E-state index is 0.162. The summed E-state index contributed by atoms with van der Waals surface area (Å²) < 4.78 is 24.4. The Balaban J connectivity index is 2.19. The van der Waals surface area contributed by atoms with Crippen LogP contribution in [0.2, 0.25) is 0 Å². The molecule has 1 heterocycles. The fourth-order valence-electron chi connectivity index (χ4n) is 1.80. The normalized spacial score (nSPS) is 17.8. The van der Waals surface area contributed by atoms with E-state index in [0.29, 0.717) is 30.2 Å². The zero-order valence-corrected chi connectivity index (χ0v) is 9.67. The van der Waals surface area contributed by atoms with E-state index in [1.807, 2.05) is 4.90 Å². The highest BCUT2D eigenvalue weighted by Gasteiger charge is 2.16. The van der Waals surface area contributed by atoms with Gasteiger partial charge in [-0.1, -0.05) is 0 Å². The van der Waals surface area contributed by atoms with Crippen LogP contribution >= 0.6 is 0 Å². The lowest BCUT2D eigenvalue weighted by Crippen LogP contribution is -2.37. The number of aliphatic hydroxyl groups excluding tert-OH is 1. The van der Waals surface area contributed by atoms with Crippen LogP contribution in [0.25, 0.3) is 0 Å². The molecule has 88 valence electrons. The molecule has 0 spiro atoms. The topological polar surface area (TPSA) is 40.5 Å². The number of hydrogen-bond donors (Lipinski definition) is 1. The Morgan fingerprint density at radius 2 is 2.00 bits per heavy atom. The zero-order chi connectivity index (χ0) is 11.5. The van der Waals surface area contributed by atoms with Gasteiger partial charge in [-0.05, 0) is 23.8 Å². The van der Waals surface area contributed by atoms with Crippen LogP contribution in [0, 0.1) is 5.82 Å². The number of hydrogen-bond acceptors (Lipinski definition) is 3. The van der Waals surface area contributed by atoms with Crippen molar-refractivity contribution in [2.75, 3.05) is 29.5 Å². The second-order valence-corrected chi connectivity index (χ2v) is 5.51. The Morgan fingerprint density at radius 3 is 2.62 bits per heavy atom. The van der Waals surface area contributed by atoms with E-state index in [1.165, 1.54) is 12.1 Å². The second-order valence-electron chi connectivity index (χ2n) is 3.81. The minimum atomic E-state index is -0.732. The predicted molar refractivity (Wildman–Crippen MR) is 62.4 cm³/mol. The first-order valence-electron chi connectivity index (χ1n) is 5.19. The van der Waals surface area contributed by atoms with Crippen LogP contribution in [0.5, 0.6) is 0 Å². The third-order valence-electron chi connectivity index (χ3n) is 2.67. The van der Waals surface area contributed by atoms with Gasteiger partial charge in [0.25, 0.3) is 0 Å². The van der Waals surface area contributed by atoms with E-state index in [9.17, 15) is 8.60 Å². The van der Waals surface area contributed by atoms with Gasteiger partial charge >= 0.3 is 0 Å². The van der Waals surface area contributed by atoms with Crippen LogP contribution in [0.3, 0.4) is 0 Å². The monoisotopic (exact) mass is 243 g/mol. The SMILES string of the molecule is O=S1CCN(c2cc(F)cc(CO)c2)CC1. The summed E-state index contributed by atoms with van der Waals surface area (Å²) in [5.74, 6) is 0.920. The van der Waals surface area contributed by atoms with E-state index in [0.717, 1.165) is 5.69 Å². The van der Waals surface area contributed by atoms with E-state index in [4.69, 9.17) is 5.11 Å². The van der Waals surface area contributed by atoms with Gasteiger partial charge in [0.1, 0.15) is 5.82 Å². The molecular weight excluding hydrogens is 229 g/mol. The fraction of sp³-hybridized carbons (Fsp3) is 0.455. The van der Waals surface area contributed by atoms with Crippen molar-refractivity contribution in [3.05, 3.63) is 29.6 Å². The van der Waals surface area contributed by atoms with Crippen molar-refractivity contribution in [1.82, 2.24) is 0 Å². The van der Waals surface area contributed by atoms with Crippen LogP contribution in [-0.2, 0) is 17.4 Å². The molecule has 0 atom stereocenters. The van der Waals surface area contributed by atoms with Crippen LogP contribution < -0.4 is 4.90 Å². The average Bonchev–Trinajstić information content (AvgIpc) is 2.29. The number of aliphatic hydroxyl groups is 1. The van der Waals surface area contributed by atoms with Crippen molar-refractivity contribution in [3.8, 4) is 0 Å². The summed E-state index contributed by atoms with van der Waals surface area (Å²) in [6, 6.07) is 4.55. The van der Waals surface area contributed by atoms with Gasteiger partial charge in [-0.2, -0.15) is 0 Å². The molecule has 1 saturated heterocycles. The molecule has 0 aliphatic carbocycles. The summed E-state index contributed by atoms with van der Waals surface area (Å²) in [6.45, 7) is 1.20. The number of halogens is 1. The van der Waals surface area contributed by atoms with Crippen LogP contribution in [0.15, 0.2) is 18.2 Å². The van der Waals surface area contributed by atoms with Crippen molar-refractivity contribution in [3.63, 3.8) is 0 Å². The molecule has 1 aromatic rings. The molecule has 0 amide bonds. The van der Waals surface area contributed by atoms with Gasteiger partial charge < -0.3 is 10.0 Å². The molecule has 0 bridgehead atoms. The smallest absolute Gasteiger partial charge is 0.125 e. The minimum Gasteiger partial charge on any atom is -0.392 e. The van der Waals surface area contributed by atoms with Gasteiger partial charge in [-0.3, -0.25) is 4.21 Å². The Labute approximate surface area is 96.3 Å². The summed E-state index contributed by atoms with van der Waals surface area (Å²) in [5, 5.41) is 8.99. The lowest BCUT2D eigenvalue weighted by molar-refractivity contribution is 0.281.